The molecule has 1 rings (SSSR count). The molecule has 1 atom stereocenters. The molecule has 0 aliphatic carbocycles. The summed E-state index contributed by atoms with van der Waals surface area (Å²) in [4.78, 5) is 11.5. The summed E-state index contributed by atoms with van der Waals surface area (Å²) in [6.45, 7) is 3.12. The molecule has 3 nitrogen and oxygen atoms in total. The molecule has 15 heavy (non-hydrogen) atoms. The number of nitrogens with zero attached hydrogens (tertiary/aromatic N) is 1. The molecule has 1 unspecified atom stereocenters. The first-order chi connectivity index (χ1) is 7.02. The fourth-order valence-electron chi connectivity index (χ4n) is 1.00. The number of hydrogen-bond donors (Lipinski definition) is 0. The lowest BCUT2D eigenvalue weighted by atomic mass is 10.3. The van der Waals surface area contributed by atoms with Crippen LogP contribution in [0.4, 0.5) is 0 Å². The number of nitriles is 1. The molecule has 1 aromatic rings. The number of ketones is 1. The minimum atomic E-state index is -1.25. The van der Waals surface area contributed by atoms with Gasteiger partial charge in [-0.05, 0) is 18.1 Å². The zero-order chi connectivity index (χ0) is 11.6. The molecule has 0 saturated heterocycles. The van der Waals surface area contributed by atoms with Gasteiger partial charge in [0.05, 0.1) is 9.90 Å². The van der Waals surface area contributed by atoms with Gasteiger partial charge in [0.2, 0.25) is 4.21 Å². The first kappa shape index (κ1) is 12.5. The third kappa shape index (κ3) is 2.34. The highest BCUT2D eigenvalue weighted by molar-refractivity contribution is 7.93. The Morgan fingerprint density at radius 3 is 2.73 bits per heavy atom. The van der Waals surface area contributed by atoms with Crippen LogP contribution in [-0.4, -0.2) is 16.1 Å². The minimum Gasteiger partial charge on any atom is -0.611 e. The molecular formula is C9H8ClNO2S2. The third-order valence-corrected chi connectivity index (χ3v) is 5.24. The molecule has 1 heterocycles. The van der Waals surface area contributed by atoms with Crippen molar-refractivity contribution in [1.82, 2.24) is 0 Å². The summed E-state index contributed by atoms with van der Waals surface area (Å²) in [5.41, 5.74) is 0.173. The average Bonchev–Trinajstić information content (AvgIpc) is 2.54. The summed E-state index contributed by atoms with van der Waals surface area (Å²) in [6.07, 6.45) is 0. The van der Waals surface area contributed by atoms with Crippen LogP contribution in [0, 0.1) is 11.3 Å². The summed E-state index contributed by atoms with van der Waals surface area (Å²) in [6, 6.07) is 1.89. The number of rotatable bonds is 3. The van der Waals surface area contributed by atoms with Crippen LogP contribution in [0.15, 0.2) is 4.21 Å². The van der Waals surface area contributed by atoms with E-state index in [-0.39, 0.29) is 16.4 Å². The van der Waals surface area contributed by atoms with Gasteiger partial charge in [-0.25, -0.2) is 0 Å². The zero-order valence-corrected chi connectivity index (χ0v) is 10.6. The minimum absolute atomic E-state index is 0.131. The van der Waals surface area contributed by atoms with Crippen molar-refractivity contribution in [1.29, 1.82) is 5.26 Å². The first-order valence-corrected chi connectivity index (χ1v) is 6.65. The monoisotopic (exact) mass is 261 g/mol. The van der Waals surface area contributed by atoms with Crippen LogP contribution >= 0.6 is 22.9 Å². The molecule has 0 fully saturated rings. The molecule has 6 heteroatoms. The maximum absolute atomic E-state index is 11.6. The summed E-state index contributed by atoms with van der Waals surface area (Å²) >= 11 is 5.66. The Hall–Kier alpha value is -0.540. The molecule has 0 aliphatic heterocycles. The van der Waals surface area contributed by atoms with E-state index >= 15 is 0 Å². The Balaban J connectivity index is 3.36. The second-order valence-electron chi connectivity index (χ2n) is 2.71. The fraction of sp³-hybridized carbons (Fsp3) is 0.333. The largest absolute Gasteiger partial charge is 0.611 e. The van der Waals surface area contributed by atoms with Crippen molar-refractivity contribution < 1.29 is 9.35 Å². The zero-order valence-electron chi connectivity index (χ0n) is 8.17. The molecule has 0 amide bonds. The molecule has 0 aliphatic rings. The van der Waals surface area contributed by atoms with E-state index in [2.05, 4.69) is 0 Å². The van der Waals surface area contributed by atoms with E-state index in [0.717, 1.165) is 11.3 Å². The van der Waals surface area contributed by atoms with Gasteiger partial charge in [0.15, 0.2) is 5.78 Å². The van der Waals surface area contributed by atoms with Crippen molar-refractivity contribution in [3.05, 3.63) is 15.5 Å². The highest BCUT2D eigenvalue weighted by atomic mass is 35.5. The molecule has 0 saturated carbocycles. The molecule has 0 radical (unpaired) electrons. The van der Waals surface area contributed by atoms with Gasteiger partial charge in [0.1, 0.15) is 17.4 Å². The number of carbonyl (C=O) groups excluding carboxylic acids is 1. The number of halogens is 1. The highest BCUT2D eigenvalue weighted by Gasteiger charge is 2.26. The van der Waals surface area contributed by atoms with Crippen molar-refractivity contribution in [2.45, 2.75) is 18.1 Å². The smallest absolute Gasteiger partial charge is 0.226 e. The summed E-state index contributed by atoms with van der Waals surface area (Å²) in [5.74, 6) is 0.198. The SMILES string of the molecule is CC[S+]([O-])c1sc(C(C)=O)c(Cl)c1C#N. The van der Waals surface area contributed by atoms with Crippen LogP contribution in [0.2, 0.25) is 5.02 Å². The molecule has 1 aromatic heterocycles. The van der Waals surface area contributed by atoms with Gasteiger partial charge in [-0.2, -0.15) is 5.26 Å². The fourth-order valence-corrected chi connectivity index (χ4v) is 3.89. The van der Waals surface area contributed by atoms with Crippen LogP contribution in [-0.2, 0) is 11.2 Å². The van der Waals surface area contributed by atoms with Gasteiger partial charge in [-0.3, -0.25) is 4.79 Å². The Kier molecular flexibility index (Phi) is 4.17. The van der Waals surface area contributed by atoms with E-state index in [4.69, 9.17) is 16.9 Å². The van der Waals surface area contributed by atoms with E-state index < -0.39 is 11.2 Å². The highest BCUT2D eigenvalue weighted by Crippen LogP contribution is 2.36. The predicted octanol–water partition coefficient (Wildman–Crippen LogP) is 2.60. The summed E-state index contributed by atoms with van der Waals surface area (Å²) in [7, 11) is 0. The van der Waals surface area contributed by atoms with E-state index in [0.29, 0.717) is 14.8 Å². The maximum atomic E-state index is 11.6. The number of carbonyl (C=O) groups is 1. The van der Waals surface area contributed by atoms with E-state index in [9.17, 15) is 9.35 Å². The van der Waals surface area contributed by atoms with Crippen molar-refractivity contribution in [2.24, 2.45) is 0 Å². The number of Topliss-reactive ketones (excluding diaryl/α,β-unsaturated/α-hetero) is 1. The van der Waals surface area contributed by atoms with Crippen LogP contribution in [0.5, 0.6) is 0 Å². The van der Waals surface area contributed by atoms with Crippen molar-refractivity contribution in [2.75, 3.05) is 5.75 Å². The molecular weight excluding hydrogens is 254 g/mol. The van der Waals surface area contributed by atoms with Gasteiger partial charge in [-0.15, -0.1) is 0 Å². The van der Waals surface area contributed by atoms with Crippen molar-refractivity contribution >= 4 is 39.9 Å². The number of thiophene rings is 1. The van der Waals surface area contributed by atoms with Crippen LogP contribution in [0.25, 0.3) is 0 Å². The quantitative estimate of drug-likeness (QED) is 0.621. The number of hydrogen-bond acceptors (Lipinski definition) is 4. The Morgan fingerprint density at radius 2 is 2.33 bits per heavy atom. The van der Waals surface area contributed by atoms with E-state index in [1.165, 1.54) is 6.92 Å². The van der Waals surface area contributed by atoms with Gasteiger partial charge in [-0.1, -0.05) is 22.9 Å². The molecule has 0 bridgehead atoms. The maximum Gasteiger partial charge on any atom is 0.226 e. The second-order valence-corrected chi connectivity index (χ2v) is 6.04. The lowest BCUT2D eigenvalue weighted by Crippen LogP contribution is -2.02. The van der Waals surface area contributed by atoms with Crippen LogP contribution in [0.3, 0.4) is 0 Å². The lowest BCUT2D eigenvalue weighted by molar-refractivity contribution is 0.102. The van der Waals surface area contributed by atoms with E-state index in [1.54, 1.807) is 6.92 Å². The molecule has 0 aromatic carbocycles. The average molecular weight is 262 g/mol. The molecule has 0 N–H and O–H groups in total. The predicted molar refractivity (Wildman–Crippen MR) is 61.0 cm³/mol. The standard InChI is InChI=1S/C9H8ClNO2S2/c1-3-15(13)9-6(4-11)7(10)8(14-9)5(2)12/h3H2,1-2H3. The van der Waals surface area contributed by atoms with Gasteiger partial charge < -0.3 is 4.55 Å². The third-order valence-electron chi connectivity index (χ3n) is 1.72. The topological polar surface area (TPSA) is 63.9 Å². The summed E-state index contributed by atoms with van der Waals surface area (Å²) in [5, 5.41) is 9.00. The lowest BCUT2D eigenvalue weighted by Gasteiger charge is -2.04. The van der Waals surface area contributed by atoms with Gasteiger partial charge in [0, 0.05) is 6.92 Å². The van der Waals surface area contributed by atoms with Crippen LogP contribution < -0.4 is 0 Å². The van der Waals surface area contributed by atoms with Gasteiger partial charge >= 0.3 is 0 Å². The van der Waals surface area contributed by atoms with Crippen LogP contribution in [0.1, 0.15) is 29.1 Å². The van der Waals surface area contributed by atoms with Crippen molar-refractivity contribution in [3.63, 3.8) is 0 Å². The first-order valence-electron chi connectivity index (χ1n) is 4.14. The van der Waals surface area contributed by atoms with Crippen molar-refractivity contribution in [3.8, 4) is 6.07 Å². The normalized spacial score (nSPS) is 12.2. The second kappa shape index (κ2) is 4.99. The van der Waals surface area contributed by atoms with Gasteiger partial charge in [0.25, 0.3) is 0 Å². The molecule has 0 spiro atoms. The molecule has 80 valence electrons. The Bertz CT molecular complexity index is 436. The Labute approximate surface area is 99.8 Å². The van der Waals surface area contributed by atoms with E-state index in [1.807, 2.05) is 6.07 Å². The Morgan fingerprint density at radius 1 is 1.73 bits per heavy atom. The summed E-state index contributed by atoms with van der Waals surface area (Å²) < 4.78 is 12.0.